The van der Waals surface area contributed by atoms with Crippen LogP contribution in [0.4, 0.5) is 0 Å². The normalized spacial score (nSPS) is 10.8. The van der Waals surface area contributed by atoms with Crippen LogP contribution in [0.3, 0.4) is 0 Å². The zero-order chi connectivity index (χ0) is 20.4. The highest BCUT2D eigenvalue weighted by molar-refractivity contribution is 5.94. The number of methoxy groups -OCH3 is 2. The van der Waals surface area contributed by atoms with Crippen molar-refractivity contribution in [2.45, 2.75) is 0 Å². The van der Waals surface area contributed by atoms with Gasteiger partial charge >= 0.3 is 0 Å². The summed E-state index contributed by atoms with van der Waals surface area (Å²) in [5.41, 5.74) is 3.38. The molecule has 0 saturated carbocycles. The number of carbonyl (C=O) groups is 2. The van der Waals surface area contributed by atoms with Gasteiger partial charge in [-0.3, -0.25) is 9.59 Å². The number of benzene rings is 2. The minimum Gasteiger partial charge on any atom is -0.504 e. The summed E-state index contributed by atoms with van der Waals surface area (Å²) < 4.78 is 10.2. The Hall–Kier alpha value is -3.81. The number of phenols is 1. The molecule has 2 rings (SSSR count). The van der Waals surface area contributed by atoms with Gasteiger partial charge in [0.15, 0.2) is 11.5 Å². The summed E-state index contributed by atoms with van der Waals surface area (Å²) >= 11 is 0. The maximum absolute atomic E-state index is 11.8. The standard InChI is InChI=1S/C20H21N3O5/c1-27-16-8-4-3-6-14(16)10-11-18(24)21-13-19(25)23-22-12-15-7-5-9-17(28-2)20(15)26/h3-12,26H,13H2,1-2H3,(H,21,24)(H,23,25)/b11-10-,22-12?. The Morgan fingerprint density at radius 2 is 1.71 bits per heavy atom. The van der Waals surface area contributed by atoms with E-state index in [1.54, 1.807) is 43.5 Å². The number of ether oxygens (including phenoxy) is 2. The number of hydrazone groups is 1. The van der Waals surface area contributed by atoms with Gasteiger partial charge in [-0.1, -0.05) is 24.3 Å². The van der Waals surface area contributed by atoms with E-state index in [0.717, 1.165) is 5.56 Å². The van der Waals surface area contributed by atoms with Crippen LogP contribution in [0.15, 0.2) is 53.6 Å². The Morgan fingerprint density at radius 3 is 2.46 bits per heavy atom. The van der Waals surface area contributed by atoms with E-state index in [1.165, 1.54) is 19.4 Å². The molecule has 8 nitrogen and oxygen atoms in total. The van der Waals surface area contributed by atoms with E-state index in [9.17, 15) is 14.7 Å². The molecule has 3 N–H and O–H groups in total. The molecule has 0 fully saturated rings. The van der Waals surface area contributed by atoms with Gasteiger partial charge in [0.1, 0.15) is 5.75 Å². The Morgan fingerprint density at radius 1 is 1.04 bits per heavy atom. The van der Waals surface area contributed by atoms with Gasteiger partial charge in [0.05, 0.1) is 27.0 Å². The maximum Gasteiger partial charge on any atom is 0.259 e. The lowest BCUT2D eigenvalue weighted by atomic mass is 10.2. The number of nitrogens with one attached hydrogen (secondary N) is 2. The van der Waals surface area contributed by atoms with Crippen LogP contribution in [0.25, 0.3) is 6.08 Å². The number of carbonyl (C=O) groups excluding carboxylic acids is 2. The lowest BCUT2D eigenvalue weighted by Gasteiger charge is -2.05. The molecular formula is C20H21N3O5. The zero-order valence-electron chi connectivity index (χ0n) is 15.5. The molecule has 0 saturated heterocycles. The minimum atomic E-state index is -0.516. The summed E-state index contributed by atoms with van der Waals surface area (Å²) in [5, 5.41) is 16.1. The summed E-state index contributed by atoms with van der Waals surface area (Å²) in [6, 6.07) is 12.1. The van der Waals surface area contributed by atoms with E-state index in [4.69, 9.17) is 9.47 Å². The highest BCUT2D eigenvalue weighted by Crippen LogP contribution is 2.27. The van der Waals surface area contributed by atoms with Crippen LogP contribution in [0.5, 0.6) is 17.2 Å². The highest BCUT2D eigenvalue weighted by Gasteiger charge is 2.06. The molecule has 0 bridgehead atoms. The van der Waals surface area contributed by atoms with Gasteiger partial charge in [-0.2, -0.15) is 5.10 Å². The third-order valence-corrected chi connectivity index (χ3v) is 3.62. The van der Waals surface area contributed by atoms with Crippen molar-refractivity contribution in [1.82, 2.24) is 10.7 Å². The molecule has 28 heavy (non-hydrogen) atoms. The Kier molecular flexibility index (Phi) is 7.59. The first-order valence-electron chi connectivity index (χ1n) is 8.32. The highest BCUT2D eigenvalue weighted by atomic mass is 16.5. The van der Waals surface area contributed by atoms with Crippen molar-refractivity contribution in [3.8, 4) is 17.2 Å². The molecule has 0 aliphatic rings. The Balaban J connectivity index is 1.82. The van der Waals surface area contributed by atoms with E-state index in [-0.39, 0.29) is 12.3 Å². The molecule has 0 aliphatic heterocycles. The van der Waals surface area contributed by atoms with Crippen LogP contribution >= 0.6 is 0 Å². The Labute approximate surface area is 162 Å². The SMILES string of the molecule is COc1ccccc1/C=C\C(=O)NCC(=O)NN=Cc1cccc(OC)c1O. The first-order chi connectivity index (χ1) is 13.5. The summed E-state index contributed by atoms with van der Waals surface area (Å²) in [6.07, 6.45) is 4.18. The average molecular weight is 383 g/mol. The van der Waals surface area contributed by atoms with Crippen molar-refractivity contribution in [1.29, 1.82) is 0 Å². The largest absolute Gasteiger partial charge is 0.504 e. The second-order valence-corrected chi connectivity index (χ2v) is 5.48. The molecule has 2 aromatic rings. The molecule has 0 heterocycles. The smallest absolute Gasteiger partial charge is 0.259 e. The molecule has 0 radical (unpaired) electrons. The van der Waals surface area contributed by atoms with Gasteiger partial charge in [-0.05, 0) is 24.3 Å². The summed E-state index contributed by atoms with van der Waals surface area (Å²) in [6.45, 7) is -0.253. The van der Waals surface area contributed by atoms with E-state index < -0.39 is 11.8 Å². The van der Waals surface area contributed by atoms with Crippen molar-refractivity contribution in [2.24, 2.45) is 5.10 Å². The predicted molar refractivity (Wildman–Crippen MR) is 105 cm³/mol. The molecule has 2 aromatic carbocycles. The van der Waals surface area contributed by atoms with Gasteiger partial charge in [0.25, 0.3) is 5.91 Å². The fourth-order valence-corrected chi connectivity index (χ4v) is 2.22. The molecule has 0 unspecified atom stereocenters. The first-order valence-corrected chi connectivity index (χ1v) is 8.32. The van der Waals surface area contributed by atoms with Crippen LogP contribution in [0, 0.1) is 0 Å². The van der Waals surface area contributed by atoms with E-state index in [2.05, 4.69) is 15.8 Å². The molecule has 0 aromatic heterocycles. The quantitative estimate of drug-likeness (QED) is 0.365. The van der Waals surface area contributed by atoms with Crippen LogP contribution in [0.1, 0.15) is 11.1 Å². The van der Waals surface area contributed by atoms with Gasteiger partial charge < -0.3 is 19.9 Å². The third kappa shape index (κ3) is 5.87. The summed E-state index contributed by atoms with van der Waals surface area (Å²) in [5.74, 6) is -0.102. The second kappa shape index (κ2) is 10.4. The van der Waals surface area contributed by atoms with Gasteiger partial charge in [0.2, 0.25) is 5.91 Å². The number of para-hydroxylation sites is 2. The molecule has 0 spiro atoms. The topological polar surface area (TPSA) is 109 Å². The molecule has 8 heteroatoms. The molecule has 0 atom stereocenters. The van der Waals surface area contributed by atoms with Crippen molar-refractivity contribution in [2.75, 3.05) is 20.8 Å². The zero-order valence-corrected chi connectivity index (χ0v) is 15.5. The lowest BCUT2D eigenvalue weighted by molar-refractivity contribution is -0.123. The fourth-order valence-electron chi connectivity index (χ4n) is 2.22. The number of hydrogen-bond donors (Lipinski definition) is 3. The monoisotopic (exact) mass is 383 g/mol. The second-order valence-electron chi connectivity index (χ2n) is 5.48. The first kappa shape index (κ1) is 20.5. The number of rotatable bonds is 8. The average Bonchev–Trinajstić information content (AvgIpc) is 2.72. The van der Waals surface area contributed by atoms with E-state index >= 15 is 0 Å². The van der Waals surface area contributed by atoms with Crippen molar-refractivity contribution in [3.63, 3.8) is 0 Å². The van der Waals surface area contributed by atoms with Gasteiger partial charge in [-0.25, -0.2) is 5.43 Å². The van der Waals surface area contributed by atoms with E-state index in [0.29, 0.717) is 17.1 Å². The lowest BCUT2D eigenvalue weighted by Crippen LogP contribution is -2.34. The van der Waals surface area contributed by atoms with Crippen molar-refractivity contribution in [3.05, 3.63) is 59.7 Å². The van der Waals surface area contributed by atoms with Crippen molar-refractivity contribution >= 4 is 24.1 Å². The van der Waals surface area contributed by atoms with Crippen molar-refractivity contribution < 1.29 is 24.2 Å². The number of aromatic hydroxyl groups is 1. The fraction of sp³-hybridized carbons (Fsp3) is 0.150. The van der Waals surface area contributed by atoms with Gasteiger partial charge in [-0.15, -0.1) is 0 Å². The van der Waals surface area contributed by atoms with Crippen LogP contribution in [-0.2, 0) is 9.59 Å². The van der Waals surface area contributed by atoms with Crippen LogP contribution in [-0.4, -0.2) is 43.9 Å². The molecule has 146 valence electrons. The number of amides is 2. The molecule has 2 amide bonds. The van der Waals surface area contributed by atoms with E-state index in [1.807, 2.05) is 12.1 Å². The van der Waals surface area contributed by atoms with Crippen LogP contribution < -0.4 is 20.2 Å². The minimum absolute atomic E-state index is 0.0854. The number of hydrogen-bond acceptors (Lipinski definition) is 6. The number of nitrogens with zero attached hydrogens (tertiary/aromatic N) is 1. The molecule has 0 aliphatic carbocycles. The van der Waals surface area contributed by atoms with Gasteiger partial charge in [0, 0.05) is 17.2 Å². The maximum atomic E-state index is 11.8. The summed E-state index contributed by atoms with van der Waals surface area (Å²) in [7, 11) is 2.98. The molecular weight excluding hydrogens is 362 g/mol. The number of phenolic OH excluding ortho intramolecular Hbond substituents is 1. The van der Waals surface area contributed by atoms with Crippen LogP contribution in [0.2, 0.25) is 0 Å². The third-order valence-electron chi connectivity index (χ3n) is 3.62. The Bertz CT molecular complexity index is 893. The summed E-state index contributed by atoms with van der Waals surface area (Å²) in [4.78, 5) is 23.6. The predicted octanol–water partition coefficient (Wildman–Crippen LogP) is 1.69.